The number of anilines is 1. The van der Waals surface area contributed by atoms with Crippen molar-refractivity contribution < 1.29 is 9.47 Å². The third-order valence-corrected chi connectivity index (χ3v) is 6.21. The molecule has 1 aromatic carbocycles. The fourth-order valence-corrected chi connectivity index (χ4v) is 4.59. The molecule has 188 valence electrons. The Morgan fingerprint density at radius 3 is 2.75 bits per heavy atom. The summed E-state index contributed by atoms with van der Waals surface area (Å²) in [5.41, 5.74) is 4.19. The lowest BCUT2D eigenvalue weighted by molar-refractivity contribution is 0.0849. The van der Waals surface area contributed by atoms with Gasteiger partial charge in [-0.25, -0.2) is 15.0 Å². The molecule has 2 aromatic heterocycles. The quantitative estimate of drug-likeness (QED) is 0.132. The zero-order valence-corrected chi connectivity index (χ0v) is 21.7. The molecule has 0 bridgehead atoms. The van der Waals surface area contributed by atoms with E-state index < -0.39 is 0 Å². The van der Waals surface area contributed by atoms with Crippen LogP contribution in [0.15, 0.2) is 73.4 Å². The summed E-state index contributed by atoms with van der Waals surface area (Å²) < 4.78 is 13.5. The van der Waals surface area contributed by atoms with Gasteiger partial charge in [0.2, 0.25) is 5.28 Å². The molecule has 3 aromatic rings. The first-order valence-corrected chi connectivity index (χ1v) is 12.6. The number of hydrogen-bond donors (Lipinski definition) is 1. The second kappa shape index (κ2) is 12.7. The average molecular weight is 526 g/mol. The number of ether oxygens (including phenoxy) is 2. The van der Waals surface area contributed by atoms with Crippen LogP contribution in [0.3, 0.4) is 0 Å². The van der Waals surface area contributed by atoms with Crippen LogP contribution in [-0.4, -0.2) is 45.9 Å². The van der Waals surface area contributed by atoms with E-state index in [1.807, 2.05) is 25.1 Å². The molecule has 7 nitrogen and oxygen atoms in total. The van der Waals surface area contributed by atoms with Gasteiger partial charge in [0.25, 0.3) is 0 Å². The maximum Gasteiger partial charge on any atom is 0.224 e. The predicted molar refractivity (Wildman–Crippen MR) is 144 cm³/mol. The number of fused-ring (bicyclic) bond motifs is 1. The zero-order valence-electron chi connectivity index (χ0n) is 20.2. The minimum Gasteiger partial charge on any atom is -0.489 e. The molecule has 4 rings (SSSR count). The normalized spacial score (nSPS) is 15.6. The number of benzene rings is 1. The molecule has 9 heteroatoms. The molecule has 0 spiro atoms. The third kappa shape index (κ3) is 6.35. The number of imidazole rings is 1. The average Bonchev–Trinajstić information content (AvgIpc) is 3.51. The van der Waals surface area contributed by atoms with Crippen molar-refractivity contribution in [3.63, 3.8) is 0 Å². The first-order chi connectivity index (χ1) is 17.6. The van der Waals surface area contributed by atoms with Crippen LogP contribution >= 0.6 is 23.2 Å². The SMILES string of the molecule is C=C/C(OCCOCCNc1nc(Cl)nc2c1CCC2c1ccccc1)=C(\C=C/C)n1cnc(Cl)c1. The second-order valence-corrected chi connectivity index (χ2v) is 8.88. The van der Waals surface area contributed by atoms with Gasteiger partial charge in [0.15, 0.2) is 0 Å². The molecule has 0 aliphatic heterocycles. The fourth-order valence-electron chi connectivity index (χ4n) is 4.26. The van der Waals surface area contributed by atoms with Gasteiger partial charge < -0.3 is 19.4 Å². The smallest absolute Gasteiger partial charge is 0.224 e. The number of allylic oxidation sites excluding steroid dienone is 4. The summed E-state index contributed by atoms with van der Waals surface area (Å²) in [7, 11) is 0. The monoisotopic (exact) mass is 525 g/mol. The predicted octanol–water partition coefficient (Wildman–Crippen LogP) is 6.13. The number of hydrogen-bond acceptors (Lipinski definition) is 6. The maximum atomic E-state index is 6.26. The van der Waals surface area contributed by atoms with Gasteiger partial charge in [-0.3, -0.25) is 0 Å². The van der Waals surface area contributed by atoms with Crippen molar-refractivity contribution in [3.8, 4) is 0 Å². The van der Waals surface area contributed by atoms with E-state index in [1.54, 1.807) is 23.2 Å². The van der Waals surface area contributed by atoms with Gasteiger partial charge in [-0.15, -0.1) is 0 Å². The van der Waals surface area contributed by atoms with Gasteiger partial charge in [-0.1, -0.05) is 54.6 Å². The molecule has 0 fully saturated rings. The first-order valence-electron chi connectivity index (χ1n) is 11.9. The molecular weight excluding hydrogens is 497 g/mol. The molecule has 0 radical (unpaired) electrons. The Labute approximate surface area is 221 Å². The van der Waals surface area contributed by atoms with E-state index in [1.165, 1.54) is 5.56 Å². The molecule has 1 N–H and O–H groups in total. The largest absolute Gasteiger partial charge is 0.489 e. The summed E-state index contributed by atoms with van der Waals surface area (Å²) in [5, 5.41) is 4.03. The Kier molecular flexibility index (Phi) is 9.17. The van der Waals surface area contributed by atoms with Crippen molar-refractivity contribution in [3.05, 3.63) is 101 Å². The maximum absolute atomic E-state index is 6.26. The van der Waals surface area contributed by atoms with E-state index in [2.05, 4.69) is 51.1 Å². The summed E-state index contributed by atoms with van der Waals surface area (Å²) in [4.78, 5) is 13.0. The van der Waals surface area contributed by atoms with Gasteiger partial charge >= 0.3 is 0 Å². The van der Waals surface area contributed by atoms with E-state index in [0.717, 1.165) is 35.6 Å². The summed E-state index contributed by atoms with van der Waals surface area (Å²) in [6.07, 6.45) is 10.7. The highest BCUT2D eigenvalue weighted by molar-refractivity contribution is 6.29. The van der Waals surface area contributed by atoms with Gasteiger partial charge in [0, 0.05) is 24.2 Å². The lowest BCUT2D eigenvalue weighted by atomic mass is 9.97. The highest BCUT2D eigenvalue weighted by Crippen LogP contribution is 2.39. The van der Waals surface area contributed by atoms with Crippen LogP contribution in [0.1, 0.15) is 36.1 Å². The number of halogens is 2. The van der Waals surface area contributed by atoms with Crippen LogP contribution in [0.5, 0.6) is 0 Å². The van der Waals surface area contributed by atoms with E-state index in [0.29, 0.717) is 37.3 Å². The molecular formula is C27H29Cl2N5O2. The Morgan fingerprint density at radius 1 is 1.19 bits per heavy atom. The summed E-state index contributed by atoms with van der Waals surface area (Å²) in [5.74, 6) is 1.65. The Hall–Kier alpha value is -3.13. The molecule has 0 amide bonds. The molecule has 36 heavy (non-hydrogen) atoms. The Bertz CT molecular complexity index is 1240. The molecule has 0 saturated heterocycles. The van der Waals surface area contributed by atoms with Crippen LogP contribution < -0.4 is 5.32 Å². The molecule has 1 atom stereocenters. The fraction of sp³-hybridized carbons (Fsp3) is 0.296. The molecule has 1 unspecified atom stereocenters. The summed E-state index contributed by atoms with van der Waals surface area (Å²) in [6, 6.07) is 10.4. The van der Waals surface area contributed by atoms with Crippen LogP contribution in [-0.2, 0) is 15.9 Å². The first kappa shape index (κ1) is 25.9. The molecule has 2 heterocycles. The third-order valence-electron chi connectivity index (χ3n) is 5.84. The standard InChI is InChI=1S/C27H29Cl2N5O2/c1-3-8-22(34-17-24(28)31-18-34)23(4-2)36-16-15-35-14-13-30-26-21-12-11-20(19-9-6-5-7-10-19)25(21)32-27(29)33-26/h3-10,17-18,20H,2,11-16H2,1H3,(H,30,32,33)/b8-3-,23-22-. The van der Waals surface area contributed by atoms with Gasteiger partial charge in [0.1, 0.15) is 29.7 Å². The van der Waals surface area contributed by atoms with Crippen molar-refractivity contribution in [1.29, 1.82) is 0 Å². The minimum absolute atomic E-state index is 0.244. The van der Waals surface area contributed by atoms with Crippen LogP contribution in [0.2, 0.25) is 10.4 Å². The van der Waals surface area contributed by atoms with Crippen LogP contribution in [0, 0.1) is 0 Å². The minimum atomic E-state index is 0.244. The zero-order chi connectivity index (χ0) is 25.3. The number of aromatic nitrogens is 4. The van der Waals surface area contributed by atoms with Crippen molar-refractivity contribution in [2.24, 2.45) is 0 Å². The van der Waals surface area contributed by atoms with Crippen molar-refractivity contribution in [2.45, 2.75) is 25.7 Å². The lowest BCUT2D eigenvalue weighted by Crippen LogP contribution is -2.15. The lowest BCUT2D eigenvalue weighted by Gasteiger charge is -2.14. The van der Waals surface area contributed by atoms with Gasteiger partial charge in [0.05, 0.1) is 24.6 Å². The Morgan fingerprint density at radius 2 is 2.03 bits per heavy atom. The summed E-state index contributed by atoms with van der Waals surface area (Å²) >= 11 is 12.2. The highest BCUT2D eigenvalue weighted by atomic mass is 35.5. The van der Waals surface area contributed by atoms with Crippen molar-refractivity contribution >= 4 is 34.7 Å². The van der Waals surface area contributed by atoms with E-state index in [4.69, 9.17) is 32.7 Å². The van der Waals surface area contributed by atoms with Crippen LogP contribution in [0.25, 0.3) is 5.70 Å². The topological polar surface area (TPSA) is 74.1 Å². The van der Waals surface area contributed by atoms with Crippen LogP contribution in [0.4, 0.5) is 5.82 Å². The van der Waals surface area contributed by atoms with E-state index in [-0.39, 0.29) is 11.2 Å². The number of rotatable bonds is 12. The number of nitrogens with zero attached hydrogens (tertiary/aromatic N) is 4. The Balaban J connectivity index is 1.28. The molecule has 1 aliphatic carbocycles. The van der Waals surface area contributed by atoms with E-state index in [9.17, 15) is 0 Å². The van der Waals surface area contributed by atoms with Gasteiger partial charge in [-0.2, -0.15) is 0 Å². The van der Waals surface area contributed by atoms with Gasteiger partial charge in [-0.05, 0) is 49.1 Å². The molecule has 0 saturated carbocycles. The van der Waals surface area contributed by atoms with Crippen molar-refractivity contribution in [2.75, 3.05) is 31.7 Å². The highest BCUT2D eigenvalue weighted by Gasteiger charge is 2.29. The summed E-state index contributed by atoms with van der Waals surface area (Å²) in [6.45, 7) is 7.67. The number of nitrogens with one attached hydrogen (secondary N) is 1. The van der Waals surface area contributed by atoms with E-state index >= 15 is 0 Å². The second-order valence-electron chi connectivity index (χ2n) is 8.15. The molecule has 1 aliphatic rings. The van der Waals surface area contributed by atoms with Crippen molar-refractivity contribution in [1.82, 2.24) is 19.5 Å².